The van der Waals surface area contributed by atoms with Crippen LogP contribution >= 0.6 is 0 Å². The third kappa shape index (κ3) is 5.22. The van der Waals surface area contributed by atoms with E-state index in [-0.39, 0.29) is 5.04 Å². The van der Waals surface area contributed by atoms with Crippen molar-refractivity contribution in [3.63, 3.8) is 0 Å². The van der Waals surface area contributed by atoms with Crippen LogP contribution in [0.15, 0.2) is 0 Å². The van der Waals surface area contributed by atoms with Crippen LogP contribution < -0.4 is 5.32 Å². The van der Waals surface area contributed by atoms with Gasteiger partial charge in [-0.2, -0.15) is 0 Å². The summed E-state index contributed by atoms with van der Waals surface area (Å²) in [5, 5.41) is 11.8. The van der Waals surface area contributed by atoms with Gasteiger partial charge in [-0.25, -0.2) is 4.79 Å². The Balaban J connectivity index is 5.07. The molecule has 0 aliphatic heterocycles. The van der Waals surface area contributed by atoms with Crippen LogP contribution in [-0.4, -0.2) is 36.5 Å². The lowest BCUT2D eigenvalue weighted by Crippen LogP contribution is -2.61. The minimum absolute atomic E-state index is 0.148. The monoisotopic (exact) mass is 289 g/mol. The molecule has 2 N–H and O–H groups in total. The number of aliphatic carboxylic acids is 1. The fourth-order valence-electron chi connectivity index (χ4n) is 1.41. The summed E-state index contributed by atoms with van der Waals surface area (Å²) in [6, 6.07) is 0. The molecule has 6 heteroatoms. The maximum Gasteiger partial charge on any atom is 0.408 e. The van der Waals surface area contributed by atoms with Gasteiger partial charge in [0.15, 0.2) is 0 Å². The molecule has 0 rings (SSSR count). The fourth-order valence-corrected chi connectivity index (χ4v) is 3.37. The predicted molar refractivity (Wildman–Crippen MR) is 78.0 cm³/mol. The third-order valence-corrected chi connectivity index (χ3v) is 9.26. The molecule has 0 saturated carbocycles. The van der Waals surface area contributed by atoms with Gasteiger partial charge in [-0.3, -0.25) is 4.79 Å². The molecule has 0 aromatic rings. The highest BCUT2D eigenvalue weighted by atomic mass is 28.3. The van der Waals surface area contributed by atoms with E-state index < -0.39 is 31.4 Å². The van der Waals surface area contributed by atoms with E-state index in [0.717, 1.165) is 0 Å². The topological polar surface area (TPSA) is 75.6 Å². The van der Waals surface area contributed by atoms with Crippen molar-refractivity contribution >= 4 is 20.1 Å². The summed E-state index contributed by atoms with van der Waals surface area (Å²) >= 11 is 0. The molecule has 0 aromatic heterocycles. The smallest absolute Gasteiger partial charge is 0.408 e. The van der Waals surface area contributed by atoms with E-state index in [1.807, 2.05) is 33.9 Å². The second-order valence-corrected chi connectivity index (χ2v) is 12.9. The molecule has 0 aliphatic rings. The first kappa shape index (κ1) is 18.0. The van der Waals surface area contributed by atoms with Gasteiger partial charge >= 0.3 is 12.1 Å². The molecule has 0 aliphatic carbocycles. The molecule has 0 bridgehead atoms. The van der Waals surface area contributed by atoms with Crippen LogP contribution in [0.2, 0.25) is 18.1 Å². The van der Waals surface area contributed by atoms with Crippen molar-refractivity contribution in [2.75, 3.05) is 0 Å². The van der Waals surface area contributed by atoms with Gasteiger partial charge < -0.3 is 15.2 Å². The number of ether oxygens (including phenoxy) is 1. The van der Waals surface area contributed by atoms with Crippen molar-refractivity contribution in [2.45, 2.75) is 70.9 Å². The average molecular weight is 289 g/mol. The summed E-state index contributed by atoms with van der Waals surface area (Å²) in [7, 11) is -2.25. The summed E-state index contributed by atoms with van der Waals surface area (Å²) < 4.78 is 5.14. The molecule has 0 spiro atoms. The number of rotatable bonds is 3. The first-order chi connectivity index (χ1) is 8.18. The highest BCUT2D eigenvalue weighted by molar-refractivity contribution is 6.84. The number of carboxylic acids is 1. The van der Waals surface area contributed by atoms with Gasteiger partial charge in [0.2, 0.25) is 0 Å². The zero-order valence-electron chi connectivity index (χ0n) is 13.2. The maximum absolute atomic E-state index is 11.8. The lowest BCUT2D eigenvalue weighted by molar-refractivity contribution is -0.137. The molecular formula is C13H27NO4Si. The minimum Gasteiger partial charge on any atom is -0.480 e. The van der Waals surface area contributed by atoms with Crippen LogP contribution in [0, 0.1) is 0 Å². The van der Waals surface area contributed by atoms with Gasteiger partial charge in [-0.15, -0.1) is 0 Å². The highest BCUT2D eigenvalue weighted by Crippen LogP contribution is 2.38. The molecule has 0 aromatic carbocycles. The highest BCUT2D eigenvalue weighted by Gasteiger charge is 2.47. The number of nitrogens with one attached hydrogen (secondary N) is 1. The lowest BCUT2D eigenvalue weighted by Gasteiger charge is -2.41. The first-order valence-electron chi connectivity index (χ1n) is 6.41. The molecule has 0 saturated heterocycles. The Hall–Kier alpha value is -1.04. The second kappa shape index (κ2) is 5.52. The zero-order chi connectivity index (χ0) is 15.6. The van der Waals surface area contributed by atoms with E-state index in [0.29, 0.717) is 0 Å². The van der Waals surface area contributed by atoms with Gasteiger partial charge in [0.05, 0.1) is 8.07 Å². The van der Waals surface area contributed by atoms with Crippen molar-refractivity contribution in [3.8, 4) is 0 Å². The summed E-state index contributed by atoms with van der Waals surface area (Å²) in [4.78, 5) is 23.2. The molecular weight excluding hydrogens is 262 g/mol. The van der Waals surface area contributed by atoms with E-state index in [1.165, 1.54) is 0 Å². The van der Waals surface area contributed by atoms with Crippen molar-refractivity contribution in [1.29, 1.82) is 0 Å². The van der Waals surface area contributed by atoms with Crippen LogP contribution in [0.4, 0.5) is 4.79 Å². The van der Waals surface area contributed by atoms with E-state index in [2.05, 4.69) is 5.32 Å². The Bertz CT molecular complexity index is 353. The number of hydrogen-bond donors (Lipinski definition) is 2. The SMILES string of the molecule is CC(C)(C)OC(=O)N[C@H](C(=O)O)[Si](C)(C)C(C)(C)C. The van der Waals surface area contributed by atoms with Gasteiger partial charge in [-0.05, 0) is 25.8 Å². The molecule has 0 radical (unpaired) electrons. The van der Waals surface area contributed by atoms with Crippen LogP contribution in [0.25, 0.3) is 0 Å². The van der Waals surface area contributed by atoms with Gasteiger partial charge in [-0.1, -0.05) is 33.9 Å². The van der Waals surface area contributed by atoms with E-state index in [1.54, 1.807) is 20.8 Å². The minimum atomic E-state index is -2.25. The molecule has 0 unspecified atom stereocenters. The number of carbonyl (C=O) groups excluding carboxylic acids is 1. The maximum atomic E-state index is 11.8. The molecule has 0 heterocycles. The quantitative estimate of drug-likeness (QED) is 0.783. The summed E-state index contributed by atoms with van der Waals surface area (Å²) in [5.41, 5.74) is -1.51. The lowest BCUT2D eigenvalue weighted by atomic mass is 10.2. The van der Waals surface area contributed by atoms with Crippen molar-refractivity contribution in [3.05, 3.63) is 0 Å². The Kier molecular flexibility index (Phi) is 5.22. The summed E-state index contributed by atoms with van der Waals surface area (Å²) in [6.07, 6.45) is -0.676. The molecule has 19 heavy (non-hydrogen) atoms. The van der Waals surface area contributed by atoms with Gasteiger partial charge in [0.25, 0.3) is 0 Å². The Morgan fingerprint density at radius 1 is 1.11 bits per heavy atom. The Morgan fingerprint density at radius 3 is 1.79 bits per heavy atom. The van der Waals surface area contributed by atoms with Crippen LogP contribution in [0.5, 0.6) is 0 Å². The number of carboxylic acid groups (broad SMARTS) is 1. The molecule has 0 fully saturated rings. The number of amides is 1. The molecule has 1 atom stereocenters. The van der Waals surface area contributed by atoms with Crippen molar-refractivity contribution < 1.29 is 19.4 Å². The third-order valence-electron chi connectivity index (χ3n) is 3.56. The normalized spacial score (nSPS) is 14.7. The zero-order valence-corrected chi connectivity index (χ0v) is 14.2. The predicted octanol–water partition coefficient (Wildman–Crippen LogP) is 3.01. The largest absolute Gasteiger partial charge is 0.480 e. The van der Waals surface area contributed by atoms with E-state index in [4.69, 9.17) is 4.74 Å². The van der Waals surface area contributed by atoms with Crippen LogP contribution in [0.3, 0.4) is 0 Å². The van der Waals surface area contributed by atoms with Crippen molar-refractivity contribution in [2.24, 2.45) is 0 Å². The first-order valence-corrected chi connectivity index (χ1v) is 9.48. The van der Waals surface area contributed by atoms with Gasteiger partial charge in [0, 0.05) is 0 Å². The molecule has 1 amide bonds. The average Bonchev–Trinajstić information content (AvgIpc) is 2.08. The fraction of sp³-hybridized carbons (Fsp3) is 0.846. The Morgan fingerprint density at radius 2 is 1.53 bits per heavy atom. The second-order valence-electron chi connectivity index (χ2n) is 7.39. The van der Waals surface area contributed by atoms with Gasteiger partial charge in [0.1, 0.15) is 11.3 Å². The summed E-state index contributed by atoms with van der Waals surface area (Å²) in [5.74, 6) is -1.00. The number of carbonyl (C=O) groups is 2. The Labute approximate surface area is 116 Å². The van der Waals surface area contributed by atoms with Crippen LogP contribution in [-0.2, 0) is 9.53 Å². The standard InChI is InChI=1S/C13H27NO4Si/c1-12(2,3)18-11(17)14-9(10(15)16)19(7,8)13(4,5)6/h9H,1-8H3,(H,14,17)(H,15,16)/t9-/m0/s1. The van der Waals surface area contributed by atoms with E-state index >= 15 is 0 Å². The van der Waals surface area contributed by atoms with Crippen LogP contribution in [0.1, 0.15) is 41.5 Å². The number of alkyl carbamates (subject to hydrolysis) is 1. The van der Waals surface area contributed by atoms with Crippen molar-refractivity contribution in [1.82, 2.24) is 5.32 Å². The number of hydrogen-bond acceptors (Lipinski definition) is 3. The molecule has 112 valence electrons. The summed E-state index contributed by atoms with van der Waals surface area (Å²) in [6.45, 7) is 15.2. The van der Waals surface area contributed by atoms with E-state index in [9.17, 15) is 14.7 Å². The molecule has 5 nitrogen and oxygen atoms in total.